The molecule has 112 valence electrons. The van der Waals surface area contributed by atoms with Crippen LogP contribution >= 0.6 is 23.1 Å². The predicted octanol–water partition coefficient (Wildman–Crippen LogP) is 2.40. The fourth-order valence-corrected chi connectivity index (χ4v) is 4.53. The Morgan fingerprint density at radius 3 is 2.80 bits per heavy atom. The highest BCUT2D eigenvalue weighted by atomic mass is 32.2. The zero-order chi connectivity index (χ0) is 14.8. The summed E-state index contributed by atoms with van der Waals surface area (Å²) in [6.07, 6.45) is 2.99. The van der Waals surface area contributed by atoms with Gasteiger partial charge in [0.15, 0.2) is 4.34 Å². The van der Waals surface area contributed by atoms with E-state index in [0.29, 0.717) is 12.5 Å². The van der Waals surface area contributed by atoms with Crippen LogP contribution in [0.3, 0.4) is 0 Å². The zero-order valence-electron chi connectivity index (χ0n) is 12.3. The number of carbonyl (C=O) groups is 1. The van der Waals surface area contributed by atoms with Crippen molar-refractivity contribution in [2.45, 2.75) is 61.2 Å². The first-order valence-corrected chi connectivity index (χ1v) is 8.45. The second-order valence-electron chi connectivity index (χ2n) is 5.46. The number of methoxy groups -OCH3 is 1. The lowest BCUT2D eigenvalue weighted by Gasteiger charge is -2.30. The SMILES string of the molecule is COC(=O)C(C)(CC(C)Sc1nnc(C)s1)NC1CC1. The normalized spacial score (nSPS) is 19.4. The number of thioether (sulfide) groups is 1. The van der Waals surface area contributed by atoms with E-state index in [1.165, 1.54) is 7.11 Å². The third kappa shape index (κ3) is 4.17. The van der Waals surface area contributed by atoms with E-state index >= 15 is 0 Å². The molecule has 2 atom stereocenters. The minimum Gasteiger partial charge on any atom is -0.468 e. The summed E-state index contributed by atoms with van der Waals surface area (Å²) in [7, 11) is 1.45. The third-order valence-electron chi connectivity index (χ3n) is 3.24. The summed E-state index contributed by atoms with van der Waals surface area (Å²) in [6, 6.07) is 0.458. The van der Waals surface area contributed by atoms with Gasteiger partial charge in [-0.3, -0.25) is 10.1 Å². The number of rotatable bonds is 7. The van der Waals surface area contributed by atoms with Gasteiger partial charge in [-0.15, -0.1) is 10.2 Å². The van der Waals surface area contributed by atoms with Gasteiger partial charge < -0.3 is 4.74 Å². The van der Waals surface area contributed by atoms with Gasteiger partial charge in [-0.25, -0.2) is 0 Å². The van der Waals surface area contributed by atoms with Gasteiger partial charge in [0.25, 0.3) is 0 Å². The molecule has 0 radical (unpaired) electrons. The van der Waals surface area contributed by atoms with E-state index in [9.17, 15) is 4.79 Å². The van der Waals surface area contributed by atoms with Crippen LogP contribution in [0.1, 0.15) is 38.1 Å². The first kappa shape index (κ1) is 15.7. The lowest BCUT2D eigenvalue weighted by molar-refractivity contribution is -0.148. The van der Waals surface area contributed by atoms with Crippen molar-refractivity contribution in [1.29, 1.82) is 0 Å². The van der Waals surface area contributed by atoms with Gasteiger partial charge in [0.1, 0.15) is 10.5 Å². The van der Waals surface area contributed by atoms with E-state index in [-0.39, 0.29) is 11.2 Å². The minimum atomic E-state index is -0.623. The number of ether oxygens (including phenoxy) is 1. The molecule has 1 aromatic heterocycles. The molecule has 0 spiro atoms. The summed E-state index contributed by atoms with van der Waals surface area (Å²) in [4.78, 5) is 12.1. The molecule has 0 bridgehead atoms. The molecule has 0 saturated heterocycles. The summed E-state index contributed by atoms with van der Waals surface area (Å²) in [6.45, 7) is 5.98. The molecule has 1 heterocycles. The zero-order valence-corrected chi connectivity index (χ0v) is 13.9. The lowest BCUT2D eigenvalue weighted by Crippen LogP contribution is -2.52. The van der Waals surface area contributed by atoms with E-state index in [1.54, 1.807) is 23.1 Å². The van der Waals surface area contributed by atoms with E-state index in [4.69, 9.17) is 4.74 Å². The van der Waals surface area contributed by atoms with Gasteiger partial charge >= 0.3 is 5.97 Å². The number of nitrogens with one attached hydrogen (secondary N) is 1. The Balaban J connectivity index is 1.97. The van der Waals surface area contributed by atoms with Gasteiger partial charge in [0.2, 0.25) is 0 Å². The molecule has 0 amide bonds. The van der Waals surface area contributed by atoms with Crippen molar-refractivity contribution in [2.24, 2.45) is 0 Å². The van der Waals surface area contributed by atoms with Crippen LogP contribution in [-0.2, 0) is 9.53 Å². The number of hydrogen-bond acceptors (Lipinski definition) is 7. The van der Waals surface area contributed by atoms with Gasteiger partial charge in [-0.2, -0.15) is 0 Å². The number of aryl methyl sites for hydroxylation is 1. The third-order valence-corrected chi connectivity index (χ3v) is 5.27. The molecule has 0 aromatic carbocycles. The summed E-state index contributed by atoms with van der Waals surface area (Å²) in [5.74, 6) is -0.190. The van der Waals surface area contributed by atoms with Crippen molar-refractivity contribution in [1.82, 2.24) is 15.5 Å². The quantitative estimate of drug-likeness (QED) is 0.616. The molecule has 7 heteroatoms. The van der Waals surface area contributed by atoms with Crippen LogP contribution in [-0.4, -0.2) is 40.1 Å². The highest BCUT2D eigenvalue weighted by molar-refractivity contribution is 8.01. The number of carbonyl (C=O) groups excluding carboxylic acids is 1. The molecule has 20 heavy (non-hydrogen) atoms. The fraction of sp³-hybridized carbons (Fsp3) is 0.769. The topological polar surface area (TPSA) is 64.1 Å². The van der Waals surface area contributed by atoms with Gasteiger partial charge in [-0.05, 0) is 33.1 Å². The second kappa shape index (κ2) is 6.41. The maximum Gasteiger partial charge on any atom is 0.325 e. The second-order valence-corrected chi connectivity index (χ2v) is 8.33. The van der Waals surface area contributed by atoms with Crippen LogP contribution in [0.5, 0.6) is 0 Å². The van der Waals surface area contributed by atoms with Crippen molar-refractivity contribution in [3.63, 3.8) is 0 Å². The molecule has 2 rings (SSSR count). The Morgan fingerprint density at radius 2 is 2.30 bits per heavy atom. The van der Waals surface area contributed by atoms with Gasteiger partial charge in [0, 0.05) is 11.3 Å². The molecule has 1 aromatic rings. The molecule has 1 aliphatic carbocycles. The van der Waals surface area contributed by atoms with E-state index in [2.05, 4.69) is 22.4 Å². The number of aromatic nitrogens is 2. The van der Waals surface area contributed by atoms with E-state index < -0.39 is 5.54 Å². The van der Waals surface area contributed by atoms with Crippen molar-refractivity contribution in [2.75, 3.05) is 7.11 Å². The molecular formula is C13H21N3O2S2. The number of nitrogens with zero attached hydrogens (tertiary/aromatic N) is 2. The summed E-state index contributed by atoms with van der Waals surface area (Å²) in [5, 5.41) is 12.8. The Hall–Kier alpha value is -0.660. The number of esters is 1. The van der Waals surface area contributed by atoms with Gasteiger partial charge in [-0.1, -0.05) is 30.0 Å². The molecule has 1 saturated carbocycles. The standard InChI is InChI=1S/C13H21N3O2S2/c1-8(19-12-16-15-9(2)20-12)7-13(3,11(17)18-4)14-10-5-6-10/h8,10,14H,5-7H2,1-4H3. The Bertz CT molecular complexity index is 476. The van der Waals surface area contributed by atoms with Crippen LogP contribution in [0, 0.1) is 6.92 Å². The monoisotopic (exact) mass is 315 g/mol. The Kier molecular flexibility index (Phi) is 5.04. The first-order chi connectivity index (χ1) is 9.43. The lowest BCUT2D eigenvalue weighted by atomic mass is 9.96. The van der Waals surface area contributed by atoms with Crippen LogP contribution in [0.2, 0.25) is 0 Å². The molecule has 0 aliphatic heterocycles. The molecule has 1 aliphatic rings. The van der Waals surface area contributed by atoms with Crippen LogP contribution in [0.25, 0.3) is 0 Å². The van der Waals surface area contributed by atoms with E-state index in [1.807, 2.05) is 13.8 Å². The maximum atomic E-state index is 12.1. The van der Waals surface area contributed by atoms with Crippen LogP contribution in [0.4, 0.5) is 0 Å². The van der Waals surface area contributed by atoms with Crippen molar-refractivity contribution in [3.8, 4) is 0 Å². The average Bonchev–Trinajstić information content (AvgIpc) is 3.09. The summed E-state index contributed by atoms with van der Waals surface area (Å²) < 4.78 is 5.92. The summed E-state index contributed by atoms with van der Waals surface area (Å²) in [5.41, 5.74) is -0.623. The Morgan fingerprint density at radius 1 is 1.60 bits per heavy atom. The average molecular weight is 315 g/mol. The largest absolute Gasteiger partial charge is 0.468 e. The molecule has 1 N–H and O–H groups in total. The molecular weight excluding hydrogens is 294 g/mol. The highest BCUT2D eigenvalue weighted by Crippen LogP contribution is 2.33. The minimum absolute atomic E-state index is 0.190. The first-order valence-electron chi connectivity index (χ1n) is 6.76. The predicted molar refractivity (Wildman–Crippen MR) is 81.2 cm³/mol. The fourth-order valence-electron chi connectivity index (χ4n) is 2.22. The molecule has 2 unspecified atom stereocenters. The summed E-state index contributed by atoms with van der Waals surface area (Å²) >= 11 is 3.25. The van der Waals surface area contributed by atoms with Crippen molar-refractivity contribution >= 4 is 29.1 Å². The van der Waals surface area contributed by atoms with Crippen LogP contribution in [0.15, 0.2) is 4.34 Å². The van der Waals surface area contributed by atoms with Gasteiger partial charge in [0.05, 0.1) is 7.11 Å². The van der Waals surface area contributed by atoms with Crippen molar-refractivity contribution in [3.05, 3.63) is 5.01 Å². The van der Waals surface area contributed by atoms with Crippen LogP contribution < -0.4 is 5.32 Å². The smallest absolute Gasteiger partial charge is 0.325 e. The van der Waals surface area contributed by atoms with Crippen molar-refractivity contribution < 1.29 is 9.53 Å². The number of hydrogen-bond donors (Lipinski definition) is 1. The van der Waals surface area contributed by atoms with E-state index in [0.717, 1.165) is 22.2 Å². The molecule has 5 nitrogen and oxygen atoms in total. The Labute approximate surface area is 127 Å². The molecule has 1 fully saturated rings. The highest BCUT2D eigenvalue weighted by Gasteiger charge is 2.40. The maximum absolute atomic E-state index is 12.1.